The molecule has 0 aliphatic heterocycles. The summed E-state index contributed by atoms with van der Waals surface area (Å²) in [6.07, 6.45) is 0. The minimum absolute atomic E-state index is 0.000731. The van der Waals surface area contributed by atoms with Gasteiger partial charge in [0.15, 0.2) is 0 Å². The Morgan fingerprint density at radius 3 is 1.41 bits per heavy atom. The molecule has 0 aromatic heterocycles. The highest BCUT2D eigenvalue weighted by atomic mass is 15.1. The quantitative estimate of drug-likeness (QED) is 0.161. The summed E-state index contributed by atoms with van der Waals surface area (Å²) in [6.45, 7) is 40.0. The largest absolute Gasteiger partial charge is 0.310 e. The van der Waals surface area contributed by atoms with Crippen LogP contribution in [0.4, 0.5) is 17.1 Å². The number of para-hydroxylation sites is 1. The van der Waals surface area contributed by atoms with E-state index < -0.39 is 0 Å². The number of hydrogen-bond donors (Lipinski definition) is 0. The van der Waals surface area contributed by atoms with Gasteiger partial charge in [0.05, 0.1) is 5.69 Å². The van der Waals surface area contributed by atoms with Crippen LogP contribution in [-0.2, 0) is 32.5 Å². The van der Waals surface area contributed by atoms with E-state index in [1.807, 2.05) is 0 Å². The molecule has 0 fully saturated rings. The Kier molecular flexibility index (Phi) is 11.6. The molecule has 0 amide bonds. The lowest BCUT2D eigenvalue weighted by Crippen LogP contribution is -2.21. The zero-order chi connectivity index (χ0) is 47.9. The van der Waals surface area contributed by atoms with E-state index in [4.69, 9.17) is 0 Å². The molecular weight excluding hydrogens is 795 g/mol. The third-order valence-corrected chi connectivity index (χ3v) is 14.2. The Bertz CT molecular complexity index is 2910. The lowest BCUT2D eigenvalue weighted by atomic mass is 9.77. The molecule has 0 saturated heterocycles. The van der Waals surface area contributed by atoms with E-state index in [1.165, 1.54) is 101 Å². The van der Waals surface area contributed by atoms with Gasteiger partial charge >= 0.3 is 0 Å². The summed E-state index contributed by atoms with van der Waals surface area (Å²) in [5.41, 5.74) is 22.5. The average molecular weight is 870 g/mol. The Labute approximate surface area is 399 Å². The van der Waals surface area contributed by atoms with E-state index in [2.05, 4.69) is 268 Å². The van der Waals surface area contributed by atoms with Crippen LogP contribution in [-0.4, -0.2) is 0 Å². The number of rotatable bonds is 6. The van der Waals surface area contributed by atoms with E-state index in [9.17, 15) is 0 Å². The fourth-order valence-electron chi connectivity index (χ4n) is 9.96. The van der Waals surface area contributed by atoms with Crippen LogP contribution in [0.15, 0.2) is 146 Å². The van der Waals surface area contributed by atoms with Gasteiger partial charge in [-0.15, -0.1) is 0 Å². The normalized spacial score (nSPS) is 14.0. The molecule has 0 bridgehead atoms. The highest BCUT2D eigenvalue weighted by Gasteiger charge is 2.37. The van der Waals surface area contributed by atoms with Gasteiger partial charge in [-0.3, -0.25) is 0 Å². The van der Waals surface area contributed by atoms with Crippen LogP contribution in [0.25, 0.3) is 44.5 Å². The molecule has 0 N–H and O–H groups in total. The fourth-order valence-corrected chi connectivity index (χ4v) is 9.96. The first-order valence-electron chi connectivity index (χ1n) is 24.3. The lowest BCUT2D eigenvalue weighted by Gasteiger charge is -2.36. The van der Waals surface area contributed by atoms with Crippen molar-refractivity contribution in [3.63, 3.8) is 0 Å². The van der Waals surface area contributed by atoms with Crippen molar-refractivity contribution in [3.8, 4) is 44.5 Å². The maximum absolute atomic E-state index is 2.61. The molecular formula is C65H75N. The second-order valence-electron chi connectivity index (χ2n) is 24.9. The van der Waals surface area contributed by atoms with Crippen molar-refractivity contribution < 1.29 is 0 Å². The second-order valence-corrected chi connectivity index (χ2v) is 24.9. The molecule has 0 radical (unpaired) electrons. The van der Waals surface area contributed by atoms with E-state index in [0.717, 1.165) is 0 Å². The second kappa shape index (κ2) is 16.3. The topological polar surface area (TPSA) is 3.24 Å². The minimum atomic E-state index is -0.154. The molecule has 0 heterocycles. The molecule has 1 aliphatic rings. The van der Waals surface area contributed by atoms with E-state index in [0.29, 0.717) is 0 Å². The smallest absolute Gasteiger partial charge is 0.0549 e. The molecule has 0 spiro atoms. The minimum Gasteiger partial charge on any atom is -0.310 e. The van der Waals surface area contributed by atoms with Gasteiger partial charge in [0.1, 0.15) is 0 Å². The van der Waals surface area contributed by atoms with Gasteiger partial charge < -0.3 is 4.90 Å². The Morgan fingerprint density at radius 2 is 0.818 bits per heavy atom. The van der Waals surface area contributed by atoms with Crippen LogP contribution in [0.1, 0.15) is 157 Å². The highest BCUT2D eigenvalue weighted by molar-refractivity contribution is 5.99. The molecule has 1 aliphatic carbocycles. The van der Waals surface area contributed by atoms with Crippen LogP contribution in [0.3, 0.4) is 0 Å². The van der Waals surface area contributed by atoms with Crippen molar-refractivity contribution in [3.05, 3.63) is 185 Å². The van der Waals surface area contributed by atoms with Crippen LogP contribution in [0.5, 0.6) is 0 Å². The predicted octanol–water partition coefficient (Wildman–Crippen LogP) is 19.0. The average Bonchev–Trinajstić information content (AvgIpc) is 3.47. The third kappa shape index (κ3) is 8.84. The number of nitrogens with zero attached hydrogens (tertiary/aromatic N) is 1. The predicted molar refractivity (Wildman–Crippen MR) is 288 cm³/mol. The van der Waals surface area contributed by atoms with Crippen molar-refractivity contribution in [1.82, 2.24) is 0 Å². The SMILES string of the molecule is CC(C)(C)c1cc(-c2cc(C(C)(C)C)cc(C(C)(C)C)c2)cc(-c2cc(C(C)(C)C)cc(N(c3ccc4c(c3)C(C)(C)c3ccccc3-4)c3ccccc3C(C)(C)C)c2-c2ccccc2)c1. The summed E-state index contributed by atoms with van der Waals surface area (Å²) in [5.74, 6) is 0. The van der Waals surface area contributed by atoms with Gasteiger partial charge in [-0.05, 0) is 141 Å². The first-order chi connectivity index (χ1) is 30.6. The molecule has 1 heteroatoms. The van der Waals surface area contributed by atoms with Crippen molar-refractivity contribution in [2.45, 2.75) is 150 Å². The Morgan fingerprint density at radius 1 is 0.333 bits per heavy atom. The molecule has 7 aromatic rings. The first kappa shape index (κ1) is 46.9. The molecule has 0 unspecified atom stereocenters. The summed E-state index contributed by atoms with van der Waals surface area (Å²) in [6, 6.07) is 56.3. The van der Waals surface area contributed by atoms with Gasteiger partial charge in [-0.2, -0.15) is 0 Å². The van der Waals surface area contributed by atoms with E-state index in [1.54, 1.807) is 0 Å². The van der Waals surface area contributed by atoms with Crippen LogP contribution in [0, 0.1) is 0 Å². The van der Waals surface area contributed by atoms with Crippen molar-refractivity contribution in [1.29, 1.82) is 0 Å². The van der Waals surface area contributed by atoms with E-state index >= 15 is 0 Å². The zero-order valence-corrected chi connectivity index (χ0v) is 43.3. The number of benzene rings is 7. The number of fused-ring (bicyclic) bond motifs is 3. The number of anilines is 3. The molecule has 1 nitrogen and oxygen atoms in total. The summed E-state index contributed by atoms with van der Waals surface area (Å²) >= 11 is 0. The molecule has 0 atom stereocenters. The molecule has 8 rings (SSSR count). The summed E-state index contributed by atoms with van der Waals surface area (Å²) in [7, 11) is 0. The van der Waals surface area contributed by atoms with Gasteiger partial charge in [0, 0.05) is 22.4 Å². The lowest BCUT2D eigenvalue weighted by molar-refractivity contribution is 0.569. The number of hydrogen-bond acceptors (Lipinski definition) is 1. The van der Waals surface area contributed by atoms with Crippen LogP contribution < -0.4 is 4.90 Å². The Hall–Kier alpha value is -5.66. The third-order valence-electron chi connectivity index (χ3n) is 14.2. The molecule has 7 aromatic carbocycles. The van der Waals surface area contributed by atoms with Crippen molar-refractivity contribution in [2.75, 3.05) is 4.90 Å². The van der Waals surface area contributed by atoms with Gasteiger partial charge in [-0.1, -0.05) is 227 Å². The van der Waals surface area contributed by atoms with Crippen LogP contribution >= 0.6 is 0 Å². The monoisotopic (exact) mass is 870 g/mol. The highest BCUT2D eigenvalue weighted by Crippen LogP contribution is 2.54. The molecule has 0 saturated carbocycles. The molecule has 340 valence electrons. The summed E-state index contributed by atoms with van der Waals surface area (Å²) in [5, 5.41) is 0. The standard InChI is InChI=1S/C65H75N/c1-60(2,3)46-34-43(44-35-47(61(4,5)6)38-48(36-44)62(7,8)9)33-45(37-46)53-39-49(63(10,11)12)40-58(59(53)42-25-19-18-20-26-42)66(57-30-24-23-29-55(57)64(13,14)15)50-31-32-52-51-27-21-22-28-54(51)65(16,17)56(52)41-50/h18-41H,1-17H3. The fraction of sp³-hybridized carbons (Fsp3) is 0.354. The first-order valence-corrected chi connectivity index (χ1v) is 24.3. The van der Waals surface area contributed by atoms with Gasteiger partial charge in [0.2, 0.25) is 0 Å². The van der Waals surface area contributed by atoms with Crippen molar-refractivity contribution >= 4 is 17.1 Å². The summed E-state index contributed by atoms with van der Waals surface area (Å²) < 4.78 is 0. The van der Waals surface area contributed by atoms with E-state index in [-0.39, 0.29) is 32.5 Å². The molecule has 66 heavy (non-hydrogen) atoms. The Balaban J connectivity index is 1.52. The van der Waals surface area contributed by atoms with Gasteiger partial charge in [-0.25, -0.2) is 0 Å². The summed E-state index contributed by atoms with van der Waals surface area (Å²) in [4.78, 5) is 2.61. The van der Waals surface area contributed by atoms with Crippen molar-refractivity contribution in [2.24, 2.45) is 0 Å². The maximum Gasteiger partial charge on any atom is 0.0549 e. The zero-order valence-electron chi connectivity index (χ0n) is 43.3. The maximum atomic E-state index is 2.61. The van der Waals surface area contributed by atoms with Crippen LogP contribution in [0.2, 0.25) is 0 Å². The van der Waals surface area contributed by atoms with Gasteiger partial charge in [0.25, 0.3) is 0 Å².